The summed E-state index contributed by atoms with van der Waals surface area (Å²) in [7, 11) is 0. The Balaban J connectivity index is 2.18. The topological polar surface area (TPSA) is 107 Å². The lowest BCUT2D eigenvalue weighted by atomic mass is 10.2. The van der Waals surface area contributed by atoms with Gasteiger partial charge in [-0.25, -0.2) is 9.97 Å². The average Bonchev–Trinajstić information content (AvgIpc) is 2.77. The Kier molecular flexibility index (Phi) is 3.11. The first-order chi connectivity index (χ1) is 9.97. The van der Waals surface area contributed by atoms with E-state index in [9.17, 15) is 15.3 Å². The summed E-state index contributed by atoms with van der Waals surface area (Å²) in [6.45, 7) is 0. The Morgan fingerprint density at radius 1 is 1.14 bits per heavy atom. The monoisotopic (exact) mass is 325 g/mol. The molecular weight excluding hydrogens is 321 g/mol. The van der Waals surface area contributed by atoms with Gasteiger partial charge in [0.2, 0.25) is 10.9 Å². The van der Waals surface area contributed by atoms with E-state index < -0.39 is 4.92 Å². The molecule has 10 heteroatoms. The third kappa shape index (κ3) is 2.24. The number of nitro benzene ring substituents is 1. The molecule has 0 aliphatic rings. The maximum absolute atomic E-state index is 10.6. The predicted molar refractivity (Wildman–Crippen MR) is 74.6 cm³/mol. The molecule has 0 spiro atoms. The van der Waals surface area contributed by atoms with Crippen molar-refractivity contribution in [3.8, 4) is 11.4 Å². The first-order valence-corrected chi connectivity index (χ1v) is 6.28. The Bertz CT molecular complexity index is 862. The number of fused-ring (bicyclic) bond motifs is 1. The Labute approximate surface area is 126 Å². The molecule has 21 heavy (non-hydrogen) atoms. The second-order valence-corrected chi connectivity index (χ2v) is 4.70. The van der Waals surface area contributed by atoms with Gasteiger partial charge in [0.05, 0.1) is 4.92 Å². The zero-order valence-electron chi connectivity index (χ0n) is 10.1. The normalized spacial score (nSPS) is 11.0. The van der Waals surface area contributed by atoms with E-state index in [2.05, 4.69) is 15.0 Å². The standard InChI is InChI=1S/C11H5Cl2N5O3/c12-8-7-10(16-11(13)15-8)17(19)9(14-7)5-1-3-6(4-2-5)18(20)21/h1-4,19H. The van der Waals surface area contributed by atoms with Crippen molar-refractivity contribution < 1.29 is 10.1 Å². The summed E-state index contributed by atoms with van der Waals surface area (Å²) in [6, 6.07) is 5.51. The van der Waals surface area contributed by atoms with Gasteiger partial charge in [-0.15, -0.1) is 4.73 Å². The van der Waals surface area contributed by atoms with E-state index in [-0.39, 0.29) is 33.1 Å². The highest BCUT2D eigenvalue weighted by molar-refractivity contribution is 6.35. The van der Waals surface area contributed by atoms with Crippen LogP contribution < -0.4 is 0 Å². The van der Waals surface area contributed by atoms with Crippen molar-refractivity contribution in [2.45, 2.75) is 0 Å². The summed E-state index contributed by atoms with van der Waals surface area (Å²) in [5.41, 5.74) is 0.610. The molecule has 0 fully saturated rings. The van der Waals surface area contributed by atoms with Gasteiger partial charge in [-0.3, -0.25) is 10.1 Å². The van der Waals surface area contributed by atoms with Crippen molar-refractivity contribution in [2.24, 2.45) is 0 Å². The van der Waals surface area contributed by atoms with Gasteiger partial charge < -0.3 is 5.21 Å². The van der Waals surface area contributed by atoms with E-state index >= 15 is 0 Å². The van der Waals surface area contributed by atoms with Crippen LogP contribution in [0.25, 0.3) is 22.6 Å². The summed E-state index contributed by atoms with van der Waals surface area (Å²) in [6.07, 6.45) is 0. The minimum Gasteiger partial charge on any atom is -0.425 e. The second-order valence-electron chi connectivity index (χ2n) is 4.01. The van der Waals surface area contributed by atoms with Crippen LogP contribution in [0, 0.1) is 10.1 Å². The molecule has 106 valence electrons. The fraction of sp³-hybridized carbons (Fsp3) is 0. The second kappa shape index (κ2) is 4.83. The number of nitro groups is 1. The zero-order valence-corrected chi connectivity index (χ0v) is 11.6. The number of benzene rings is 1. The van der Waals surface area contributed by atoms with Crippen molar-refractivity contribution in [1.82, 2.24) is 19.7 Å². The van der Waals surface area contributed by atoms with Crippen LogP contribution in [0.2, 0.25) is 10.4 Å². The van der Waals surface area contributed by atoms with Crippen molar-refractivity contribution in [3.05, 3.63) is 44.8 Å². The zero-order chi connectivity index (χ0) is 15.1. The number of hydrogen-bond donors (Lipinski definition) is 1. The van der Waals surface area contributed by atoms with Crippen molar-refractivity contribution >= 4 is 40.1 Å². The van der Waals surface area contributed by atoms with Gasteiger partial charge in [0.25, 0.3) is 5.69 Å². The van der Waals surface area contributed by atoms with E-state index in [1.54, 1.807) is 0 Å². The maximum atomic E-state index is 10.6. The van der Waals surface area contributed by atoms with Crippen molar-refractivity contribution in [3.63, 3.8) is 0 Å². The molecule has 1 aromatic carbocycles. The predicted octanol–water partition coefficient (Wildman–Crippen LogP) is 2.95. The molecule has 0 saturated carbocycles. The lowest BCUT2D eigenvalue weighted by Gasteiger charge is -2.00. The number of non-ortho nitro benzene ring substituents is 1. The van der Waals surface area contributed by atoms with Gasteiger partial charge in [-0.05, 0) is 23.7 Å². The van der Waals surface area contributed by atoms with Gasteiger partial charge in [0.1, 0.15) is 5.52 Å². The van der Waals surface area contributed by atoms with Crippen LogP contribution in [0.3, 0.4) is 0 Å². The van der Waals surface area contributed by atoms with Crippen molar-refractivity contribution in [2.75, 3.05) is 0 Å². The van der Waals surface area contributed by atoms with Crippen LogP contribution in [0.5, 0.6) is 0 Å². The summed E-state index contributed by atoms with van der Waals surface area (Å²) >= 11 is 11.6. The number of nitrogens with zero attached hydrogens (tertiary/aromatic N) is 5. The van der Waals surface area contributed by atoms with Gasteiger partial charge in [0.15, 0.2) is 11.0 Å². The molecule has 0 radical (unpaired) electrons. The molecule has 0 aliphatic heterocycles. The van der Waals surface area contributed by atoms with Gasteiger partial charge in [-0.2, -0.15) is 4.98 Å². The van der Waals surface area contributed by atoms with Crippen LogP contribution in [-0.2, 0) is 0 Å². The van der Waals surface area contributed by atoms with E-state index in [0.29, 0.717) is 10.3 Å². The Hall–Kier alpha value is -2.45. The number of imidazole rings is 1. The Morgan fingerprint density at radius 2 is 1.81 bits per heavy atom. The quantitative estimate of drug-likeness (QED) is 0.255. The maximum Gasteiger partial charge on any atom is 0.269 e. The van der Waals surface area contributed by atoms with Crippen LogP contribution in [-0.4, -0.2) is 29.8 Å². The number of aromatic nitrogens is 4. The first-order valence-electron chi connectivity index (χ1n) is 5.53. The number of rotatable bonds is 2. The molecule has 0 bridgehead atoms. The first kappa shape index (κ1) is 13.5. The average molecular weight is 326 g/mol. The number of hydrogen-bond acceptors (Lipinski definition) is 6. The molecule has 3 aromatic rings. The summed E-state index contributed by atoms with van der Waals surface area (Å²) < 4.78 is 0.704. The Morgan fingerprint density at radius 3 is 2.43 bits per heavy atom. The molecule has 2 aromatic heterocycles. The molecule has 0 atom stereocenters. The lowest BCUT2D eigenvalue weighted by molar-refractivity contribution is -0.384. The molecular formula is C11H5Cl2N5O3. The minimum absolute atomic E-state index is 0.000890. The SMILES string of the molecule is O=[N+]([O-])c1ccc(-c2nc3c(Cl)nc(Cl)nc3n2O)cc1. The van der Waals surface area contributed by atoms with E-state index in [1.165, 1.54) is 24.3 Å². The van der Waals surface area contributed by atoms with Crippen LogP contribution in [0.4, 0.5) is 5.69 Å². The lowest BCUT2D eigenvalue weighted by Crippen LogP contribution is -1.96. The molecule has 1 N–H and O–H groups in total. The summed E-state index contributed by atoms with van der Waals surface area (Å²) in [4.78, 5) is 21.8. The highest BCUT2D eigenvalue weighted by Crippen LogP contribution is 2.27. The van der Waals surface area contributed by atoms with Gasteiger partial charge >= 0.3 is 0 Å². The van der Waals surface area contributed by atoms with Crippen molar-refractivity contribution in [1.29, 1.82) is 0 Å². The van der Waals surface area contributed by atoms with Crippen LogP contribution >= 0.6 is 23.2 Å². The summed E-state index contributed by atoms with van der Waals surface area (Å²) in [5.74, 6) is 0.123. The fourth-order valence-corrected chi connectivity index (χ4v) is 2.22. The van der Waals surface area contributed by atoms with E-state index in [4.69, 9.17) is 23.2 Å². The fourth-order valence-electron chi connectivity index (χ4n) is 1.81. The number of halogens is 2. The molecule has 0 saturated heterocycles. The van der Waals surface area contributed by atoms with E-state index in [0.717, 1.165) is 0 Å². The summed E-state index contributed by atoms with van der Waals surface area (Å²) in [5, 5.41) is 20.6. The molecule has 8 nitrogen and oxygen atoms in total. The van der Waals surface area contributed by atoms with Gasteiger partial charge in [-0.1, -0.05) is 11.6 Å². The van der Waals surface area contributed by atoms with Crippen LogP contribution in [0.15, 0.2) is 24.3 Å². The van der Waals surface area contributed by atoms with Gasteiger partial charge in [0, 0.05) is 17.7 Å². The third-order valence-corrected chi connectivity index (χ3v) is 3.18. The smallest absolute Gasteiger partial charge is 0.269 e. The third-order valence-electron chi connectivity index (χ3n) is 2.75. The molecule has 0 unspecified atom stereocenters. The highest BCUT2D eigenvalue weighted by Gasteiger charge is 2.18. The molecule has 0 aliphatic carbocycles. The minimum atomic E-state index is -0.520. The highest BCUT2D eigenvalue weighted by atomic mass is 35.5. The molecule has 2 heterocycles. The molecule has 3 rings (SSSR count). The molecule has 0 amide bonds. The van der Waals surface area contributed by atoms with E-state index in [1.807, 2.05) is 0 Å². The van der Waals surface area contributed by atoms with Crippen LogP contribution in [0.1, 0.15) is 0 Å². The largest absolute Gasteiger partial charge is 0.425 e.